The fourth-order valence-electron chi connectivity index (χ4n) is 2.89. The highest BCUT2D eigenvalue weighted by Crippen LogP contribution is 2.16. The van der Waals surface area contributed by atoms with Gasteiger partial charge in [-0.1, -0.05) is 30.3 Å². The summed E-state index contributed by atoms with van der Waals surface area (Å²) in [4.78, 5) is 24.7. The van der Waals surface area contributed by atoms with E-state index in [2.05, 4.69) is 15.1 Å². The maximum absolute atomic E-state index is 12.4. The topological polar surface area (TPSA) is 110 Å². The predicted molar refractivity (Wildman–Crippen MR) is 110 cm³/mol. The maximum Gasteiger partial charge on any atom is 0.275 e. The third-order valence-corrected chi connectivity index (χ3v) is 6.03. The highest BCUT2D eigenvalue weighted by atomic mass is 32.2. The lowest BCUT2D eigenvalue weighted by molar-refractivity contribution is -0.121. The van der Waals surface area contributed by atoms with Crippen molar-refractivity contribution in [1.82, 2.24) is 19.8 Å². The molecule has 0 atom stereocenters. The Morgan fingerprint density at radius 2 is 1.86 bits per heavy atom. The Hall–Kier alpha value is -3.04. The van der Waals surface area contributed by atoms with Gasteiger partial charge in [0.15, 0.2) is 0 Å². The Morgan fingerprint density at radius 1 is 1.10 bits per heavy atom. The van der Waals surface area contributed by atoms with E-state index < -0.39 is 15.9 Å². The molecule has 1 aromatic heterocycles. The molecule has 0 fully saturated rings. The largest absolute Gasteiger partial charge is 0.353 e. The minimum absolute atomic E-state index is 0.0293. The molecule has 0 spiro atoms. The summed E-state index contributed by atoms with van der Waals surface area (Å²) in [7, 11) is -3.67. The van der Waals surface area contributed by atoms with Crippen LogP contribution in [-0.4, -0.2) is 37.2 Å². The van der Waals surface area contributed by atoms with Crippen LogP contribution < -0.4 is 15.6 Å². The van der Waals surface area contributed by atoms with Gasteiger partial charge in [0.25, 0.3) is 5.56 Å². The van der Waals surface area contributed by atoms with Crippen molar-refractivity contribution >= 4 is 26.7 Å². The molecule has 8 nitrogen and oxygen atoms in total. The molecule has 0 radical (unpaired) electrons. The van der Waals surface area contributed by atoms with Crippen molar-refractivity contribution < 1.29 is 13.2 Å². The number of aryl methyl sites for hydroxylation is 2. The van der Waals surface area contributed by atoms with Gasteiger partial charge in [0.2, 0.25) is 15.9 Å². The molecule has 0 aliphatic carbocycles. The molecular weight excluding hydrogens is 392 g/mol. The minimum Gasteiger partial charge on any atom is -0.353 e. The van der Waals surface area contributed by atoms with Gasteiger partial charge in [0, 0.05) is 18.5 Å². The SMILES string of the molecule is Cc1ccc(C)c(S(=O)(=O)NCCNC(=O)Cn2ncc3ccccc3c2=O)c1. The summed E-state index contributed by atoms with van der Waals surface area (Å²) in [5.74, 6) is -0.430. The number of carbonyl (C=O) groups excluding carboxylic acids is 1. The maximum atomic E-state index is 12.4. The summed E-state index contributed by atoms with van der Waals surface area (Å²) in [6.45, 7) is 3.42. The molecule has 3 rings (SSSR count). The molecule has 9 heteroatoms. The third kappa shape index (κ3) is 4.87. The van der Waals surface area contributed by atoms with Gasteiger partial charge in [-0.25, -0.2) is 17.8 Å². The lowest BCUT2D eigenvalue weighted by Gasteiger charge is -2.11. The highest BCUT2D eigenvalue weighted by molar-refractivity contribution is 7.89. The van der Waals surface area contributed by atoms with Crippen molar-refractivity contribution in [3.05, 3.63) is 70.1 Å². The van der Waals surface area contributed by atoms with Crippen molar-refractivity contribution in [1.29, 1.82) is 0 Å². The van der Waals surface area contributed by atoms with Gasteiger partial charge in [-0.15, -0.1) is 0 Å². The summed E-state index contributed by atoms with van der Waals surface area (Å²) in [6.07, 6.45) is 1.53. The van der Waals surface area contributed by atoms with E-state index in [1.54, 1.807) is 43.3 Å². The van der Waals surface area contributed by atoms with E-state index in [9.17, 15) is 18.0 Å². The normalized spacial score (nSPS) is 11.5. The zero-order valence-corrected chi connectivity index (χ0v) is 17.0. The fourth-order valence-corrected chi connectivity index (χ4v) is 4.25. The molecule has 3 aromatic rings. The molecule has 0 saturated heterocycles. The lowest BCUT2D eigenvalue weighted by atomic mass is 10.2. The van der Waals surface area contributed by atoms with Gasteiger partial charge in [0.1, 0.15) is 6.54 Å². The van der Waals surface area contributed by atoms with E-state index in [1.807, 2.05) is 13.0 Å². The number of sulfonamides is 1. The molecule has 1 amide bonds. The van der Waals surface area contributed by atoms with Crippen LogP contribution in [0.4, 0.5) is 0 Å². The quantitative estimate of drug-likeness (QED) is 0.563. The van der Waals surface area contributed by atoms with E-state index in [0.717, 1.165) is 10.2 Å². The highest BCUT2D eigenvalue weighted by Gasteiger charge is 2.16. The van der Waals surface area contributed by atoms with Crippen molar-refractivity contribution in [3.63, 3.8) is 0 Å². The summed E-state index contributed by atoms with van der Waals surface area (Å²) in [6, 6.07) is 12.2. The minimum atomic E-state index is -3.67. The molecule has 1 heterocycles. The Labute approximate surface area is 168 Å². The van der Waals surface area contributed by atoms with E-state index in [-0.39, 0.29) is 30.1 Å². The molecule has 2 aromatic carbocycles. The van der Waals surface area contributed by atoms with E-state index in [1.165, 1.54) is 6.20 Å². The third-order valence-electron chi connectivity index (χ3n) is 4.43. The molecular formula is C20H22N4O4S. The van der Waals surface area contributed by atoms with Gasteiger partial charge >= 0.3 is 0 Å². The zero-order valence-electron chi connectivity index (χ0n) is 16.2. The molecule has 0 bridgehead atoms. The summed E-state index contributed by atoms with van der Waals surface area (Å²) in [5, 5.41) is 7.78. The van der Waals surface area contributed by atoms with E-state index >= 15 is 0 Å². The fraction of sp³-hybridized carbons (Fsp3) is 0.250. The van der Waals surface area contributed by atoms with Crippen LogP contribution in [0.15, 0.2) is 58.4 Å². The molecule has 29 heavy (non-hydrogen) atoms. The van der Waals surface area contributed by atoms with Gasteiger partial charge in [-0.2, -0.15) is 5.10 Å². The van der Waals surface area contributed by atoms with Crippen LogP contribution in [0.2, 0.25) is 0 Å². The molecule has 2 N–H and O–H groups in total. The first-order valence-corrected chi connectivity index (χ1v) is 10.5. The van der Waals surface area contributed by atoms with E-state index in [0.29, 0.717) is 16.3 Å². The van der Waals surface area contributed by atoms with E-state index in [4.69, 9.17) is 0 Å². The lowest BCUT2D eigenvalue weighted by Crippen LogP contribution is -2.38. The first kappa shape index (κ1) is 20.7. The molecule has 0 unspecified atom stereocenters. The average Bonchev–Trinajstić information content (AvgIpc) is 2.69. The number of benzene rings is 2. The van der Waals surface area contributed by atoms with Crippen LogP contribution in [0, 0.1) is 13.8 Å². The summed E-state index contributed by atoms with van der Waals surface area (Å²) in [5.41, 5.74) is 1.14. The molecule has 0 aliphatic rings. The van der Waals surface area contributed by atoms with Crippen molar-refractivity contribution in [2.75, 3.05) is 13.1 Å². The number of carbonyl (C=O) groups is 1. The van der Waals surface area contributed by atoms with Gasteiger partial charge in [-0.05, 0) is 37.1 Å². The van der Waals surface area contributed by atoms with Crippen LogP contribution in [-0.2, 0) is 21.4 Å². The second kappa shape index (κ2) is 8.54. The number of nitrogens with one attached hydrogen (secondary N) is 2. The number of amides is 1. The standard InChI is InChI=1S/C20H22N4O4S/c1-14-7-8-15(2)18(11-14)29(27,28)23-10-9-21-19(25)13-24-20(26)17-6-4-3-5-16(17)12-22-24/h3-8,11-12,23H,9-10,13H2,1-2H3,(H,21,25). The first-order valence-electron chi connectivity index (χ1n) is 9.06. The van der Waals surface area contributed by atoms with Gasteiger partial charge in [-0.3, -0.25) is 9.59 Å². The Morgan fingerprint density at radius 3 is 2.66 bits per heavy atom. The van der Waals surface area contributed by atoms with Crippen LogP contribution in [0.25, 0.3) is 10.8 Å². The van der Waals surface area contributed by atoms with Crippen LogP contribution in [0.3, 0.4) is 0 Å². The monoisotopic (exact) mass is 414 g/mol. The summed E-state index contributed by atoms with van der Waals surface area (Å²) < 4.78 is 28.4. The van der Waals surface area contributed by atoms with Crippen LogP contribution in [0.5, 0.6) is 0 Å². The number of hydrogen-bond acceptors (Lipinski definition) is 5. The number of fused-ring (bicyclic) bond motifs is 1. The number of hydrogen-bond donors (Lipinski definition) is 2. The van der Waals surface area contributed by atoms with Gasteiger partial charge in [0.05, 0.1) is 16.5 Å². The molecule has 152 valence electrons. The van der Waals surface area contributed by atoms with Crippen LogP contribution in [0.1, 0.15) is 11.1 Å². The Kier molecular flexibility index (Phi) is 6.09. The average molecular weight is 414 g/mol. The van der Waals surface area contributed by atoms with Crippen LogP contribution >= 0.6 is 0 Å². The summed E-state index contributed by atoms with van der Waals surface area (Å²) >= 11 is 0. The molecule has 0 aliphatic heterocycles. The first-order chi connectivity index (χ1) is 13.8. The van der Waals surface area contributed by atoms with Crippen molar-refractivity contribution in [3.8, 4) is 0 Å². The van der Waals surface area contributed by atoms with Crippen molar-refractivity contribution in [2.24, 2.45) is 0 Å². The van der Waals surface area contributed by atoms with Crippen molar-refractivity contribution in [2.45, 2.75) is 25.3 Å². The van der Waals surface area contributed by atoms with Gasteiger partial charge < -0.3 is 5.32 Å². The number of aromatic nitrogens is 2. The molecule has 0 saturated carbocycles. The predicted octanol–water partition coefficient (Wildman–Crippen LogP) is 1.11. The number of rotatable bonds is 7. The zero-order chi connectivity index (χ0) is 21.0. The number of nitrogens with zero attached hydrogens (tertiary/aromatic N) is 2. The smallest absolute Gasteiger partial charge is 0.275 e. The Bertz CT molecular complexity index is 1220. The second-order valence-electron chi connectivity index (χ2n) is 6.71. The Balaban J connectivity index is 1.56. The second-order valence-corrected chi connectivity index (χ2v) is 8.45.